The standard InChI is InChI=1S/C22H32N4O2.HI/c1-23-22(25(2)17-18-10-5-6-11-20(18)27-3)24-16-19(21-12-9-15-28-21)26-13-7-4-8-14-26;/h5-6,9-12,15,19H,4,7-8,13-14,16-17H2,1-3H3,(H,23,24);1H. The van der Waals surface area contributed by atoms with Gasteiger partial charge in [0.25, 0.3) is 0 Å². The van der Waals surface area contributed by atoms with Gasteiger partial charge in [-0.25, -0.2) is 0 Å². The lowest BCUT2D eigenvalue weighted by atomic mass is 10.1. The van der Waals surface area contributed by atoms with Crippen LogP contribution >= 0.6 is 24.0 Å². The molecule has 1 unspecified atom stereocenters. The molecule has 1 aromatic carbocycles. The van der Waals surface area contributed by atoms with Crippen molar-refractivity contribution in [3.63, 3.8) is 0 Å². The Balaban J connectivity index is 0.00000300. The average molecular weight is 512 g/mol. The molecule has 0 spiro atoms. The van der Waals surface area contributed by atoms with E-state index in [1.165, 1.54) is 19.3 Å². The van der Waals surface area contributed by atoms with E-state index in [1.807, 2.05) is 38.4 Å². The van der Waals surface area contributed by atoms with Gasteiger partial charge in [-0.2, -0.15) is 0 Å². The van der Waals surface area contributed by atoms with E-state index in [0.717, 1.165) is 49.2 Å². The highest BCUT2D eigenvalue weighted by molar-refractivity contribution is 14.0. The predicted octanol–water partition coefficient (Wildman–Crippen LogP) is 4.14. The van der Waals surface area contributed by atoms with Crippen molar-refractivity contribution in [3.8, 4) is 5.75 Å². The molecule has 160 valence electrons. The van der Waals surface area contributed by atoms with Crippen LogP contribution < -0.4 is 10.1 Å². The Hall–Kier alpha value is -1.74. The highest BCUT2D eigenvalue weighted by Gasteiger charge is 2.25. The quantitative estimate of drug-likeness (QED) is 0.344. The second-order valence-corrected chi connectivity index (χ2v) is 7.22. The van der Waals surface area contributed by atoms with Crippen molar-refractivity contribution in [1.82, 2.24) is 15.1 Å². The molecule has 1 fully saturated rings. The van der Waals surface area contributed by atoms with E-state index in [0.29, 0.717) is 0 Å². The minimum Gasteiger partial charge on any atom is -0.496 e. The van der Waals surface area contributed by atoms with E-state index >= 15 is 0 Å². The zero-order valence-corrected chi connectivity index (χ0v) is 20.0. The molecule has 0 aliphatic carbocycles. The summed E-state index contributed by atoms with van der Waals surface area (Å²) < 4.78 is 11.2. The molecule has 0 radical (unpaired) electrons. The van der Waals surface area contributed by atoms with Crippen LogP contribution in [0.15, 0.2) is 52.1 Å². The first-order chi connectivity index (χ1) is 13.7. The number of rotatable bonds is 7. The predicted molar refractivity (Wildman–Crippen MR) is 128 cm³/mol. The highest BCUT2D eigenvalue weighted by Crippen LogP contribution is 2.25. The summed E-state index contributed by atoms with van der Waals surface area (Å²) in [6.07, 6.45) is 5.58. The third kappa shape index (κ3) is 6.37. The van der Waals surface area contributed by atoms with E-state index in [-0.39, 0.29) is 30.0 Å². The second-order valence-electron chi connectivity index (χ2n) is 7.22. The van der Waals surface area contributed by atoms with Gasteiger partial charge in [0.15, 0.2) is 5.96 Å². The lowest BCUT2D eigenvalue weighted by molar-refractivity contribution is 0.146. The number of methoxy groups -OCH3 is 1. The number of guanidine groups is 1. The number of furan rings is 1. The summed E-state index contributed by atoms with van der Waals surface area (Å²) in [5.74, 6) is 2.77. The Morgan fingerprint density at radius 2 is 1.97 bits per heavy atom. The van der Waals surface area contributed by atoms with Crippen LogP contribution in [0.4, 0.5) is 0 Å². The number of hydrogen-bond acceptors (Lipinski definition) is 4. The van der Waals surface area contributed by atoms with Crippen molar-refractivity contribution in [1.29, 1.82) is 0 Å². The van der Waals surface area contributed by atoms with Gasteiger partial charge < -0.3 is 19.4 Å². The molecule has 1 aliphatic rings. The van der Waals surface area contributed by atoms with Crippen molar-refractivity contribution in [2.45, 2.75) is 31.8 Å². The number of nitrogens with zero attached hydrogens (tertiary/aromatic N) is 3. The van der Waals surface area contributed by atoms with E-state index in [9.17, 15) is 0 Å². The normalized spacial score (nSPS) is 16.0. The first-order valence-corrected chi connectivity index (χ1v) is 10.0. The molecule has 0 amide bonds. The summed E-state index contributed by atoms with van der Waals surface area (Å²) in [6, 6.07) is 12.3. The van der Waals surface area contributed by atoms with Crippen molar-refractivity contribution in [3.05, 3.63) is 54.0 Å². The van der Waals surface area contributed by atoms with Crippen LogP contribution in [0.25, 0.3) is 0 Å². The second kappa shape index (κ2) is 12.1. The average Bonchev–Trinajstić information content (AvgIpc) is 3.26. The zero-order valence-electron chi connectivity index (χ0n) is 17.6. The number of benzene rings is 1. The van der Waals surface area contributed by atoms with Crippen LogP contribution in [0.2, 0.25) is 0 Å². The Kier molecular flexibility index (Phi) is 9.80. The van der Waals surface area contributed by atoms with Gasteiger partial charge in [0.2, 0.25) is 0 Å². The Bertz CT molecular complexity index is 745. The molecule has 2 aromatic rings. The fourth-order valence-corrected chi connectivity index (χ4v) is 3.86. The summed E-state index contributed by atoms with van der Waals surface area (Å²) in [4.78, 5) is 9.11. The van der Waals surface area contributed by atoms with Gasteiger partial charge >= 0.3 is 0 Å². The minimum absolute atomic E-state index is 0. The molecule has 1 atom stereocenters. The van der Waals surface area contributed by atoms with Gasteiger partial charge in [-0.3, -0.25) is 9.89 Å². The molecule has 29 heavy (non-hydrogen) atoms. The monoisotopic (exact) mass is 512 g/mol. The van der Waals surface area contributed by atoms with Gasteiger partial charge in [0.05, 0.1) is 19.4 Å². The van der Waals surface area contributed by atoms with E-state index < -0.39 is 0 Å². The van der Waals surface area contributed by atoms with Crippen LogP contribution in [0.3, 0.4) is 0 Å². The number of hydrogen-bond donors (Lipinski definition) is 1. The highest BCUT2D eigenvalue weighted by atomic mass is 127. The molecular formula is C22H33IN4O2. The van der Waals surface area contributed by atoms with Gasteiger partial charge in [0.1, 0.15) is 11.5 Å². The van der Waals surface area contributed by atoms with E-state index in [1.54, 1.807) is 13.4 Å². The molecule has 1 N–H and O–H groups in total. The third-order valence-electron chi connectivity index (χ3n) is 5.33. The largest absolute Gasteiger partial charge is 0.496 e. The lowest BCUT2D eigenvalue weighted by Crippen LogP contribution is -2.44. The Labute approximate surface area is 191 Å². The molecule has 3 rings (SSSR count). The maximum absolute atomic E-state index is 5.75. The molecule has 7 heteroatoms. The first kappa shape index (κ1) is 23.5. The number of aliphatic imine (C=N–C) groups is 1. The maximum Gasteiger partial charge on any atom is 0.193 e. The third-order valence-corrected chi connectivity index (χ3v) is 5.33. The van der Waals surface area contributed by atoms with Crippen molar-refractivity contribution in [2.24, 2.45) is 4.99 Å². The molecule has 1 saturated heterocycles. The van der Waals surface area contributed by atoms with Crippen LogP contribution in [-0.4, -0.2) is 56.6 Å². The summed E-state index contributed by atoms with van der Waals surface area (Å²) >= 11 is 0. The molecule has 1 aliphatic heterocycles. The number of piperidine rings is 1. The number of nitrogens with one attached hydrogen (secondary N) is 1. The van der Waals surface area contributed by atoms with E-state index in [2.05, 4.69) is 32.2 Å². The lowest BCUT2D eigenvalue weighted by Gasteiger charge is -2.34. The number of likely N-dealkylation sites (tertiary alicyclic amines) is 1. The summed E-state index contributed by atoms with van der Waals surface area (Å²) in [5, 5.41) is 3.55. The molecule has 6 nitrogen and oxygen atoms in total. The summed E-state index contributed by atoms with van der Waals surface area (Å²) in [7, 11) is 5.58. The number of para-hydroxylation sites is 1. The molecule has 1 aromatic heterocycles. The van der Waals surface area contributed by atoms with Gasteiger partial charge in [0, 0.05) is 32.7 Å². The topological polar surface area (TPSA) is 53.2 Å². The zero-order chi connectivity index (χ0) is 19.8. The minimum atomic E-state index is 0. The first-order valence-electron chi connectivity index (χ1n) is 10.0. The Morgan fingerprint density at radius 3 is 2.62 bits per heavy atom. The van der Waals surface area contributed by atoms with Gasteiger partial charge in [-0.1, -0.05) is 24.6 Å². The van der Waals surface area contributed by atoms with Crippen LogP contribution in [0, 0.1) is 0 Å². The number of halogens is 1. The van der Waals surface area contributed by atoms with Crippen LogP contribution in [0.5, 0.6) is 5.75 Å². The number of ether oxygens (including phenoxy) is 1. The molecular weight excluding hydrogens is 479 g/mol. The molecule has 0 saturated carbocycles. The molecule has 2 heterocycles. The maximum atomic E-state index is 5.75. The fourth-order valence-electron chi connectivity index (χ4n) is 3.86. The molecule has 0 bridgehead atoms. The van der Waals surface area contributed by atoms with Gasteiger partial charge in [-0.15, -0.1) is 24.0 Å². The smallest absolute Gasteiger partial charge is 0.193 e. The SMILES string of the molecule is CN=C(NCC(c1ccco1)N1CCCCC1)N(C)Cc1ccccc1OC.I. The van der Waals surface area contributed by atoms with Crippen molar-refractivity contribution < 1.29 is 9.15 Å². The fraction of sp³-hybridized carbons (Fsp3) is 0.500. The summed E-state index contributed by atoms with van der Waals surface area (Å²) in [6.45, 7) is 3.71. The van der Waals surface area contributed by atoms with Crippen molar-refractivity contribution in [2.75, 3.05) is 40.8 Å². The van der Waals surface area contributed by atoms with E-state index in [4.69, 9.17) is 9.15 Å². The summed E-state index contributed by atoms with van der Waals surface area (Å²) in [5.41, 5.74) is 1.13. The Morgan fingerprint density at radius 1 is 1.21 bits per heavy atom. The van der Waals surface area contributed by atoms with Crippen LogP contribution in [0.1, 0.15) is 36.6 Å². The van der Waals surface area contributed by atoms with Gasteiger partial charge in [-0.05, 0) is 44.1 Å². The van der Waals surface area contributed by atoms with Crippen molar-refractivity contribution >= 4 is 29.9 Å². The van der Waals surface area contributed by atoms with Crippen LogP contribution in [-0.2, 0) is 6.54 Å².